The number of piperidine rings is 1. The molecule has 2 N–H and O–H groups in total. The summed E-state index contributed by atoms with van der Waals surface area (Å²) in [6.07, 6.45) is 0.457. The summed E-state index contributed by atoms with van der Waals surface area (Å²) >= 11 is 0. The number of carbonyl (C=O) groups excluding carboxylic acids is 2. The van der Waals surface area contributed by atoms with Crippen molar-refractivity contribution in [2.45, 2.75) is 38.9 Å². The molecule has 2 aliphatic rings. The van der Waals surface area contributed by atoms with E-state index in [2.05, 4.69) is 55.8 Å². The summed E-state index contributed by atoms with van der Waals surface area (Å²) < 4.78 is 1.41. The molecule has 0 radical (unpaired) electrons. The lowest BCUT2D eigenvalue weighted by atomic mass is 10.1. The van der Waals surface area contributed by atoms with E-state index in [1.807, 2.05) is 36.4 Å². The third-order valence-electron chi connectivity index (χ3n) is 8.27. The Kier molecular flexibility index (Phi) is 7.90. The second-order valence-corrected chi connectivity index (χ2v) is 11.1. The number of hydrogen-bond acceptors (Lipinski definition) is 8. The summed E-state index contributed by atoms with van der Waals surface area (Å²) in [4.78, 5) is 47.3. The maximum absolute atomic E-state index is 13.7. The van der Waals surface area contributed by atoms with E-state index < -0.39 is 11.9 Å². The summed E-state index contributed by atoms with van der Waals surface area (Å²) in [5.41, 5.74) is 5.07. The summed E-state index contributed by atoms with van der Waals surface area (Å²) in [7, 11) is 0. The summed E-state index contributed by atoms with van der Waals surface area (Å²) in [6.45, 7) is 6.93. The van der Waals surface area contributed by atoms with Gasteiger partial charge in [0.05, 0.1) is 22.5 Å². The van der Waals surface area contributed by atoms with Gasteiger partial charge in [0, 0.05) is 57.1 Å². The lowest BCUT2D eigenvalue weighted by molar-refractivity contribution is -0.135. The Morgan fingerprint density at radius 3 is 2.37 bits per heavy atom. The van der Waals surface area contributed by atoms with Gasteiger partial charge in [0.25, 0.3) is 5.56 Å². The topological polar surface area (TPSA) is 123 Å². The Bertz CT molecular complexity index is 1770. The largest absolute Gasteiger partial charge is 0.380 e. The van der Waals surface area contributed by atoms with Gasteiger partial charge in [-0.2, -0.15) is 5.26 Å². The number of imide groups is 1. The van der Waals surface area contributed by atoms with Gasteiger partial charge in [-0.1, -0.05) is 30.3 Å². The molecule has 1 aromatic heterocycles. The highest BCUT2D eigenvalue weighted by atomic mass is 16.2. The van der Waals surface area contributed by atoms with Crippen molar-refractivity contribution in [3.8, 4) is 6.07 Å². The molecule has 0 aliphatic carbocycles. The van der Waals surface area contributed by atoms with E-state index in [4.69, 9.17) is 5.26 Å². The molecule has 10 heteroatoms. The predicted octanol–water partition coefficient (Wildman–Crippen LogP) is 3.49. The monoisotopic (exact) mass is 575 g/mol. The molecule has 1 atom stereocenters. The highest BCUT2D eigenvalue weighted by Crippen LogP contribution is 2.24. The smallest absolute Gasteiger partial charge is 0.264 e. The van der Waals surface area contributed by atoms with E-state index in [9.17, 15) is 14.4 Å². The van der Waals surface area contributed by atoms with E-state index in [1.54, 1.807) is 13.0 Å². The van der Waals surface area contributed by atoms with Crippen molar-refractivity contribution in [2.75, 3.05) is 36.4 Å². The van der Waals surface area contributed by atoms with E-state index in [1.165, 1.54) is 10.1 Å². The van der Waals surface area contributed by atoms with Gasteiger partial charge in [-0.05, 0) is 60.9 Å². The maximum atomic E-state index is 13.7. The van der Waals surface area contributed by atoms with Gasteiger partial charge in [0.2, 0.25) is 11.8 Å². The van der Waals surface area contributed by atoms with Crippen LogP contribution in [0.15, 0.2) is 71.5 Å². The normalized spacial score (nSPS) is 17.5. The van der Waals surface area contributed by atoms with E-state index >= 15 is 0 Å². The molecule has 2 saturated heterocycles. The Balaban J connectivity index is 1.09. The number of carbonyl (C=O) groups is 2. The molecule has 0 saturated carbocycles. The first-order valence-electron chi connectivity index (χ1n) is 14.5. The highest BCUT2D eigenvalue weighted by Gasteiger charge is 2.30. The Morgan fingerprint density at radius 1 is 0.953 bits per heavy atom. The van der Waals surface area contributed by atoms with Gasteiger partial charge in [0.1, 0.15) is 11.9 Å². The number of nitrogens with zero attached hydrogens (tertiary/aromatic N) is 5. The van der Waals surface area contributed by atoms with Crippen LogP contribution in [0.4, 0.5) is 11.4 Å². The van der Waals surface area contributed by atoms with Gasteiger partial charge in [-0.3, -0.25) is 29.2 Å². The van der Waals surface area contributed by atoms with Crippen molar-refractivity contribution >= 4 is 34.1 Å². The first-order valence-corrected chi connectivity index (χ1v) is 14.5. The van der Waals surface area contributed by atoms with Crippen molar-refractivity contribution in [2.24, 2.45) is 0 Å². The van der Waals surface area contributed by atoms with Crippen LogP contribution in [0.5, 0.6) is 0 Å². The van der Waals surface area contributed by atoms with Gasteiger partial charge < -0.3 is 10.2 Å². The van der Waals surface area contributed by atoms with Gasteiger partial charge in [0.15, 0.2) is 0 Å². The van der Waals surface area contributed by atoms with Crippen LogP contribution in [0.3, 0.4) is 0 Å². The number of amides is 2. The van der Waals surface area contributed by atoms with Crippen LogP contribution in [0.25, 0.3) is 10.9 Å². The molecule has 3 heterocycles. The van der Waals surface area contributed by atoms with E-state index in [-0.39, 0.29) is 24.3 Å². The standard InChI is InChI=1S/C33H33N7O3/c1-22-36-28-4-2-3-27(31(28)33(43)40(22)29-13-14-30(41)37-32(29)42)35-20-24-5-7-25(8-6-24)21-38-15-17-39(18-16-38)26-11-9-23(19-34)10-12-26/h2-12,29,35H,13-18,20-21H2,1H3,(H,37,41,42). The Hall–Kier alpha value is -5.01. The molecule has 43 heavy (non-hydrogen) atoms. The zero-order valence-electron chi connectivity index (χ0n) is 24.0. The molecule has 218 valence electrons. The molecule has 1 unspecified atom stereocenters. The Morgan fingerprint density at radius 2 is 1.67 bits per heavy atom. The van der Waals surface area contributed by atoms with Crippen LogP contribution in [-0.4, -0.2) is 52.4 Å². The van der Waals surface area contributed by atoms with Gasteiger partial charge in [-0.25, -0.2) is 4.98 Å². The molecule has 2 aliphatic heterocycles. The fourth-order valence-electron chi connectivity index (χ4n) is 5.93. The minimum absolute atomic E-state index is 0.186. The quantitative estimate of drug-likeness (QED) is 0.321. The number of aromatic nitrogens is 2. The average Bonchev–Trinajstić information content (AvgIpc) is 3.02. The maximum Gasteiger partial charge on any atom is 0.264 e. The van der Waals surface area contributed by atoms with Crippen LogP contribution < -0.4 is 21.1 Å². The average molecular weight is 576 g/mol. The number of anilines is 2. The van der Waals surface area contributed by atoms with Crippen LogP contribution >= 0.6 is 0 Å². The van der Waals surface area contributed by atoms with Crippen molar-refractivity contribution in [1.29, 1.82) is 5.26 Å². The number of benzene rings is 3. The molecule has 10 nitrogen and oxygen atoms in total. The molecule has 3 aromatic carbocycles. The molecule has 4 aromatic rings. The number of fused-ring (bicyclic) bond motifs is 1. The van der Waals surface area contributed by atoms with Crippen molar-refractivity contribution in [3.05, 3.63) is 99.6 Å². The molecule has 0 spiro atoms. The number of aryl methyl sites for hydroxylation is 1. The minimum Gasteiger partial charge on any atom is -0.380 e. The zero-order valence-corrected chi connectivity index (χ0v) is 24.0. The molecule has 0 bridgehead atoms. The lowest BCUT2D eigenvalue weighted by Crippen LogP contribution is -2.45. The summed E-state index contributed by atoms with van der Waals surface area (Å²) in [5.74, 6) is -0.354. The predicted molar refractivity (Wildman–Crippen MR) is 165 cm³/mol. The van der Waals surface area contributed by atoms with Crippen molar-refractivity contribution < 1.29 is 9.59 Å². The van der Waals surface area contributed by atoms with Crippen LogP contribution in [0.1, 0.15) is 41.4 Å². The first-order chi connectivity index (χ1) is 20.9. The van der Waals surface area contributed by atoms with Crippen LogP contribution in [0.2, 0.25) is 0 Å². The van der Waals surface area contributed by atoms with Gasteiger partial charge in [-0.15, -0.1) is 0 Å². The van der Waals surface area contributed by atoms with Gasteiger partial charge >= 0.3 is 0 Å². The van der Waals surface area contributed by atoms with Crippen LogP contribution in [-0.2, 0) is 22.7 Å². The van der Waals surface area contributed by atoms with Crippen LogP contribution in [0, 0.1) is 18.3 Å². The Labute approximate surface area is 249 Å². The van der Waals surface area contributed by atoms with Crippen molar-refractivity contribution in [3.63, 3.8) is 0 Å². The number of hydrogen-bond donors (Lipinski definition) is 2. The second-order valence-electron chi connectivity index (χ2n) is 11.1. The molecular formula is C33H33N7O3. The number of piperazine rings is 1. The second kappa shape index (κ2) is 12.1. The molecular weight excluding hydrogens is 542 g/mol. The number of rotatable bonds is 7. The summed E-state index contributed by atoms with van der Waals surface area (Å²) in [6, 6.07) is 23.2. The third-order valence-corrected chi connectivity index (χ3v) is 8.27. The van der Waals surface area contributed by atoms with Crippen molar-refractivity contribution in [1.82, 2.24) is 19.8 Å². The molecule has 2 fully saturated rings. The third kappa shape index (κ3) is 5.98. The minimum atomic E-state index is -0.762. The SMILES string of the molecule is Cc1nc2cccc(NCc3ccc(CN4CCN(c5ccc(C#N)cc5)CC4)cc3)c2c(=O)n1C1CCC(=O)NC1=O. The van der Waals surface area contributed by atoms with E-state index in [0.29, 0.717) is 34.5 Å². The summed E-state index contributed by atoms with van der Waals surface area (Å²) in [5, 5.41) is 15.2. The number of nitrogens with one attached hydrogen (secondary N) is 2. The molecule has 2 amide bonds. The number of nitriles is 1. The highest BCUT2D eigenvalue weighted by molar-refractivity contribution is 5.99. The zero-order chi connectivity index (χ0) is 29.9. The molecule has 6 rings (SSSR count). The fourth-order valence-corrected chi connectivity index (χ4v) is 5.93. The fraction of sp³-hybridized carbons (Fsp3) is 0.303. The van der Waals surface area contributed by atoms with E-state index in [0.717, 1.165) is 44.0 Å². The first kappa shape index (κ1) is 28.1. The lowest BCUT2D eigenvalue weighted by Gasteiger charge is -2.36.